The molecule has 2 aromatic heterocycles. The number of aryl methyl sites for hydroxylation is 2. The average molecular weight is 301 g/mol. The van der Waals surface area contributed by atoms with Crippen LogP contribution in [0.5, 0.6) is 0 Å². The van der Waals surface area contributed by atoms with Gasteiger partial charge in [-0.05, 0) is 57.4 Å². The van der Waals surface area contributed by atoms with Crippen molar-refractivity contribution in [1.82, 2.24) is 4.98 Å². The van der Waals surface area contributed by atoms with E-state index >= 15 is 0 Å². The number of aromatic nitrogens is 1. The van der Waals surface area contributed by atoms with Gasteiger partial charge in [0, 0.05) is 28.9 Å². The first kappa shape index (κ1) is 14.4. The second-order valence-corrected chi connectivity index (χ2v) is 7.29. The van der Waals surface area contributed by atoms with Gasteiger partial charge in [0.15, 0.2) is 0 Å². The number of hydrogen-bond acceptors (Lipinski definition) is 4. The number of anilines is 2. The monoisotopic (exact) mass is 301 g/mol. The maximum absolute atomic E-state index is 4.60. The lowest BCUT2D eigenvalue weighted by Crippen LogP contribution is -2.18. The van der Waals surface area contributed by atoms with Gasteiger partial charge in [0.05, 0.1) is 11.9 Å². The predicted molar refractivity (Wildman–Crippen MR) is 91.5 cm³/mol. The van der Waals surface area contributed by atoms with Gasteiger partial charge in [0.1, 0.15) is 5.82 Å². The van der Waals surface area contributed by atoms with Crippen LogP contribution in [0.2, 0.25) is 0 Å². The third-order valence-corrected chi connectivity index (χ3v) is 5.09. The van der Waals surface area contributed by atoms with Gasteiger partial charge in [0.2, 0.25) is 0 Å². The molecule has 112 valence electrons. The summed E-state index contributed by atoms with van der Waals surface area (Å²) in [5.41, 5.74) is 2.48. The van der Waals surface area contributed by atoms with Gasteiger partial charge in [-0.3, -0.25) is 0 Å². The van der Waals surface area contributed by atoms with Gasteiger partial charge in [-0.2, -0.15) is 0 Å². The van der Waals surface area contributed by atoms with Crippen LogP contribution >= 0.6 is 11.3 Å². The summed E-state index contributed by atoms with van der Waals surface area (Å²) in [5, 5.41) is 3.56. The molecular weight excluding hydrogens is 278 g/mol. The number of nitrogens with one attached hydrogen (secondary N) is 1. The highest BCUT2D eigenvalue weighted by Crippen LogP contribution is 2.29. The van der Waals surface area contributed by atoms with E-state index in [-0.39, 0.29) is 0 Å². The van der Waals surface area contributed by atoms with E-state index in [0.717, 1.165) is 24.6 Å². The molecule has 3 rings (SSSR count). The Morgan fingerprint density at radius 2 is 2.00 bits per heavy atom. The van der Waals surface area contributed by atoms with E-state index in [4.69, 9.17) is 0 Å². The van der Waals surface area contributed by atoms with Crippen molar-refractivity contribution in [2.45, 2.75) is 39.7 Å². The summed E-state index contributed by atoms with van der Waals surface area (Å²) in [7, 11) is 0. The van der Waals surface area contributed by atoms with Gasteiger partial charge in [0.25, 0.3) is 0 Å². The van der Waals surface area contributed by atoms with Crippen LogP contribution in [0.4, 0.5) is 11.5 Å². The zero-order valence-electron chi connectivity index (χ0n) is 13.0. The highest BCUT2D eigenvalue weighted by Gasteiger charge is 2.14. The molecule has 4 heteroatoms. The third-order valence-electron chi connectivity index (χ3n) is 4.11. The largest absolute Gasteiger partial charge is 0.377 e. The van der Waals surface area contributed by atoms with Crippen molar-refractivity contribution in [3.63, 3.8) is 0 Å². The van der Waals surface area contributed by atoms with Gasteiger partial charge in [-0.1, -0.05) is 0 Å². The topological polar surface area (TPSA) is 28.2 Å². The highest BCUT2D eigenvalue weighted by atomic mass is 32.1. The molecule has 3 nitrogen and oxygen atoms in total. The average Bonchev–Trinajstić information content (AvgIpc) is 3.09. The molecule has 1 aliphatic heterocycles. The molecule has 0 aliphatic carbocycles. The molecule has 1 fully saturated rings. The van der Waals surface area contributed by atoms with E-state index in [9.17, 15) is 0 Å². The molecule has 1 N–H and O–H groups in total. The maximum atomic E-state index is 4.60. The lowest BCUT2D eigenvalue weighted by Gasteiger charge is -2.18. The third kappa shape index (κ3) is 3.21. The van der Waals surface area contributed by atoms with Crippen molar-refractivity contribution in [1.29, 1.82) is 0 Å². The van der Waals surface area contributed by atoms with Crippen LogP contribution in [-0.4, -0.2) is 18.1 Å². The fourth-order valence-electron chi connectivity index (χ4n) is 3.01. The van der Waals surface area contributed by atoms with Crippen molar-refractivity contribution in [2.75, 3.05) is 23.3 Å². The fourth-order valence-corrected chi connectivity index (χ4v) is 4.04. The standard InChI is InChI=1S/C17H23N3S/c1-12-10-16(14(3)21-12)13(2)19-15-6-7-17(18-11-15)20-8-4-5-9-20/h6-7,10-11,13,19H,4-5,8-9H2,1-3H3. The molecule has 1 atom stereocenters. The van der Waals surface area contributed by atoms with Gasteiger partial charge in [-0.25, -0.2) is 4.98 Å². The Labute approximate surface area is 131 Å². The zero-order chi connectivity index (χ0) is 14.8. The van der Waals surface area contributed by atoms with E-state index in [1.807, 2.05) is 17.5 Å². The Balaban J connectivity index is 1.68. The van der Waals surface area contributed by atoms with Crippen LogP contribution in [0, 0.1) is 13.8 Å². The van der Waals surface area contributed by atoms with E-state index < -0.39 is 0 Å². The minimum absolute atomic E-state index is 0.314. The Bertz CT molecular complexity index is 597. The zero-order valence-corrected chi connectivity index (χ0v) is 13.8. The maximum Gasteiger partial charge on any atom is 0.128 e. The van der Waals surface area contributed by atoms with Crippen LogP contribution < -0.4 is 10.2 Å². The number of rotatable bonds is 4. The Kier molecular flexibility index (Phi) is 4.15. The van der Waals surface area contributed by atoms with Crippen LogP contribution in [0.15, 0.2) is 24.4 Å². The van der Waals surface area contributed by atoms with Crippen molar-refractivity contribution in [3.05, 3.63) is 39.7 Å². The summed E-state index contributed by atoms with van der Waals surface area (Å²) in [4.78, 5) is 9.73. The summed E-state index contributed by atoms with van der Waals surface area (Å²) < 4.78 is 0. The fraction of sp³-hybridized carbons (Fsp3) is 0.471. The minimum Gasteiger partial charge on any atom is -0.377 e. The van der Waals surface area contributed by atoms with Crippen LogP contribution in [-0.2, 0) is 0 Å². The summed E-state index contributed by atoms with van der Waals surface area (Å²) in [6, 6.07) is 6.87. The first-order chi connectivity index (χ1) is 10.1. The molecule has 0 bridgehead atoms. The van der Waals surface area contributed by atoms with Crippen molar-refractivity contribution >= 4 is 22.8 Å². The van der Waals surface area contributed by atoms with Crippen LogP contribution in [0.1, 0.15) is 41.1 Å². The second kappa shape index (κ2) is 6.06. The SMILES string of the molecule is Cc1cc(C(C)Nc2ccc(N3CCCC3)nc2)c(C)s1. The predicted octanol–water partition coefficient (Wildman–Crippen LogP) is 4.53. The molecule has 3 heterocycles. The lowest BCUT2D eigenvalue weighted by atomic mass is 10.1. The van der Waals surface area contributed by atoms with Gasteiger partial charge in [-0.15, -0.1) is 11.3 Å². The smallest absolute Gasteiger partial charge is 0.128 e. The van der Waals surface area contributed by atoms with Gasteiger partial charge >= 0.3 is 0 Å². The number of thiophene rings is 1. The van der Waals surface area contributed by atoms with Gasteiger partial charge < -0.3 is 10.2 Å². The van der Waals surface area contributed by atoms with Crippen LogP contribution in [0.3, 0.4) is 0 Å². The molecule has 1 aliphatic rings. The number of nitrogens with zero attached hydrogens (tertiary/aromatic N) is 2. The molecule has 21 heavy (non-hydrogen) atoms. The molecule has 1 unspecified atom stereocenters. The minimum atomic E-state index is 0.314. The van der Waals surface area contributed by atoms with Crippen molar-refractivity contribution in [2.24, 2.45) is 0 Å². The van der Waals surface area contributed by atoms with Crippen molar-refractivity contribution in [3.8, 4) is 0 Å². The molecule has 0 saturated carbocycles. The molecule has 0 amide bonds. The molecule has 1 saturated heterocycles. The second-order valence-electron chi connectivity index (χ2n) is 5.83. The summed E-state index contributed by atoms with van der Waals surface area (Å²) in [6.07, 6.45) is 4.53. The summed E-state index contributed by atoms with van der Waals surface area (Å²) in [5.74, 6) is 1.10. The summed E-state index contributed by atoms with van der Waals surface area (Å²) in [6.45, 7) is 8.86. The summed E-state index contributed by atoms with van der Waals surface area (Å²) >= 11 is 1.87. The normalized spacial score (nSPS) is 16.2. The number of pyridine rings is 1. The Morgan fingerprint density at radius 3 is 2.57 bits per heavy atom. The Hall–Kier alpha value is -1.55. The Morgan fingerprint density at radius 1 is 1.24 bits per heavy atom. The molecule has 0 radical (unpaired) electrons. The highest BCUT2D eigenvalue weighted by molar-refractivity contribution is 7.12. The molecule has 2 aromatic rings. The number of hydrogen-bond donors (Lipinski definition) is 1. The lowest BCUT2D eigenvalue weighted by molar-refractivity contribution is 0.877. The van der Waals surface area contributed by atoms with E-state index in [0.29, 0.717) is 6.04 Å². The molecule has 0 aromatic carbocycles. The first-order valence-electron chi connectivity index (χ1n) is 7.68. The molecular formula is C17H23N3S. The van der Waals surface area contributed by atoms with E-state index in [1.165, 1.54) is 28.2 Å². The van der Waals surface area contributed by atoms with E-state index in [1.54, 1.807) is 0 Å². The van der Waals surface area contributed by atoms with Crippen LogP contribution in [0.25, 0.3) is 0 Å². The van der Waals surface area contributed by atoms with E-state index in [2.05, 4.69) is 54.2 Å². The van der Waals surface area contributed by atoms with Crippen molar-refractivity contribution < 1.29 is 0 Å². The first-order valence-corrected chi connectivity index (χ1v) is 8.49. The molecule has 0 spiro atoms. The quantitative estimate of drug-likeness (QED) is 0.899.